The Hall–Kier alpha value is -1.35. The Bertz CT molecular complexity index is 468. The monoisotopic (exact) mass is 277 g/mol. The number of carbonyl (C=O) groups excluding carboxylic acids is 1. The SMILES string of the molecule is CCOC(=O)C(CN)(Cc1cc(C)ccc1C)C(C)C. The van der Waals surface area contributed by atoms with Crippen LogP contribution in [-0.2, 0) is 16.0 Å². The van der Waals surface area contributed by atoms with Gasteiger partial charge in [0.1, 0.15) is 0 Å². The van der Waals surface area contributed by atoms with Crippen LogP contribution in [0.4, 0.5) is 0 Å². The van der Waals surface area contributed by atoms with Crippen molar-refractivity contribution in [1.29, 1.82) is 0 Å². The number of esters is 1. The number of rotatable bonds is 6. The van der Waals surface area contributed by atoms with Gasteiger partial charge in [0.05, 0.1) is 12.0 Å². The Morgan fingerprint density at radius 3 is 2.50 bits per heavy atom. The molecule has 1 aromatic rings. The van der Waals surface area contributed by atoms with Gasteiger partial charge >= 0.3 is 5.97 Å². The molecule has 0 aliphatic rings. The third kappa shape index (κ3) is 3.40. The minimum Gasteiger partial charge on any atom is -0.466 e. The molecule has 3 nitrogen and oxygen atoms in total. The van der Waals surface area contributed by atoms with Crippen LogP contribution >= 0.6 is 0 Å². The fraction of sp³-hybridized carbons (Fsp3) is 0.588. The average Bonchev–Trinajstić information content (AvgIpc) is 2.39. The van der Waals surface area contributed by atoms with Gasteiger partial charge in [-0.05, 0) is 44.2 Å². The van der Waals surface area contributed by atoms with Crippen LogP contribution in [0, 0.1) is 25.2 Å². The van der Waals surface area contributed by atoms with Crippen molar-refractivity contribution in [2.24, 2.45) is 17.1 Å². The first-order valence-electron chi connectivity index (χ1n) is 7.30. The van der Waals surface area contributed by atoms with Crippen LogP contribution < -0.4 is 5.73 Å². The van der Waals surface area contributed by atoms with Crippen molar-refractivity contribution in [3.63, 3.8) is 0 Å². The van der Waals surface area contributed by atoms with Crippen molar-refractivity contribution < 1.29 is 9.53 Å². The molecule has 1 aromatic carbocycles. The van der Waals surface area contributed by atoms with Gasteiger partial charge in [-0.1, -0.05) is 37.6 Å². The number of benzene rings is 1. The van der Waals surface area contributed by atoms with Gasteiger partial charge in [-0.3, -0.25) is 4.79 Å². The lowest BCUT2D eigenvalue weighted by Crippen LogP contribution is -2.46. The molecule has 0 spiro atoms. The molecule has 2 N–H and O–H groups in total. The van der Waals surface area contributed by atoms with Crippen molar-refractivity contribution >= 4 is 5.97 Å². The topological polar surface area (TPSA) is 52.3 Å². The van der Waals surface area contributed by atoms with Gasteiger partial charge in [-0.25, -0.2) is 0 Å². The molecule has 0 amide bonds. The van der Waals surface area contributed by atoms with Crippen LogP contribution in [0.25, 0.3) is 0 Å². The molecule has 0 fully saturated rings. The molecule has 1 atom stereocenters. The van der Waals surface area contributed by atoms with E-state index >= 15 is 0 Å². The first-order valence-corrected chi connectivity index (χ1v) is 7.30. The summed E-state index contributed by atoms with van der Waals surface area (Å²) in [5.41, 5.74) is 8.90. The fourth-order valence-electron chi connectivity index (χ4n) is 2.51. The molecule has 1 rings (SSSR count). The number of ether oxygens (including phenoxy) is 1. The lowest BCUT2D eigenvalue weighted by atomic mass is 9.72. The molecule has 0 saturated heterocycles. The van der Waals surface area contributed by atoms with E-state index in [2.05, 4.69) is 32.0 Å². The average molecular weight is 277 g/mol. The second kappa shape index (κ2) is 6.89. The summed E-state index contributed by atoms with van der Waals surface area (Å²) in [6.07, 6.45) is 0.632. The molecule has 1 unspecified atom stereocenters. The van der Waals surface area contributed by atoms with E-state index in [0.29, 0.717) is 19.6 Å². The van der Waals surface area contributed by atoms with Gasteiger partial charge in [-0.2, -0.15) is 0 Å². The molecule has 0 heterocycles. The maximum absolute atomic E-state index is 12.4. The highest BCUT2D eigenvalue weighted by molar-refractivity contribution is 5.78. The highest BCUT2D eigenvalue weighted by atomic mass is 16.5. The maximum Gasteiger partial charge on any atom is 0.313 e. The van der Waals surface area contributed by atoms with Gasteiger partial charge in [0.25, 0.3) is 0 Å². The molecular formula is C17H27NO2. The summed E-state index contributed by atoms with van der Waals surface area (Å²) in [5.74, 6) is -0.0510. The Morgan fingerprint density at radius 2 is 2.00 bits per heavy atom. The molecule has 0 bridgehead atoms. The quantitative estimate of drug-likeness (QED) is 0.813. The predicted octanol–water partition coefficient (Wildman–Crippen LogP) is 3.01. The van der Waals surface area contributed by atoms with Crippen LogP contribution in [0.5, 0.6) is 0 Å². The molecule has 0 aromatic heterocycles. The van der Waals surface area contributed by atoms with E-state index in [1.165, 1.54) is 16.7 Å². The molecule has 0 aliphatic carbocycles. The molecule has 0 aliphatic heterocycles. The van der Waals surface area contributed by atoms with Crippen molar-refractivity contribution in [2.75, 3.05) is 13.2 Å². The fourth-order valence-corrected chi connectivity index (χ4v) is 2.51. The van der Waals surface area contributed by atoms with Gasteiger partial charge < -0.3 is 10.5 Å². The predicted molar refractivity (Wildman–Crippen MR) is 82.6 cm³/mol. The minimum atomic E-state index is -0.644. The number of hydrogen-bond acceptors (Lipinski definition) is 3. The summed E-state index contributed by atoms with van der Waals surface area (Å²) in [6, 6.07) is 6.32. The Kier molecular flexibility index (Phi) is 5.75. The van der Waals surface area contributed by atoms with Crippen molar-refractivity contribution in [3.8, 4) is 0 Å². The summed E-state index contributed by atoms with van der Waals surface area (Å²) in [5, 5.41) is 0. The lowest BCUT2D eigenvalue weighted by Gasteiger charge is -2.34. The molecule has 3 heteroatoms. The number of nitrogens with two attached hydrogens (primary N) is 1. The highest BCUT2D eigenvalue weighted by Gasteiger charge is 2.42. The maximum atomic E-state index is 12.4. The summed E-state index contributed by atoms with van der Waals surface area (Å²) in [7, 11) is 0. The van der Waals surface area contributed by atoms with E-state index in [1.54, 1.807) is 0 Å². The number of carbonyl (C=O) groups is 1. The third-order valence-electron chi connectivity index (χ3n) is 4.16. The first kappa shape index (κ1) is 16.7. The van der Waals surface area contributed by atoms with Crippen molar-refractivity contribution in [2.45, 2.75) is 41.0 Å². The Morgan fingerprint density at radius 1 is 1.35 bits per heavy atom. The normalized spacial score (nSPS) is 14.2. The third-order valence-corrected chi connectivity index (χ3v) is 4.16. The molecule has 112 valence electrons. The van der Waals surface area contributed by atoms with E-state index in [9.17, 15) is 4.79 Å². The second-order valence-electron chi connectivity index (χ2n) is 5.84. The van der Waals surface area contributed by atoms with E-state index in [1.807, 2.05) is 20.8 Å². The summed E-state index contributed by atoms with van der Waals surface area (Å²) < 4.78 is 5.28. The molecule has 0 radical (unpaired) electrons. The summed E-state index contributed by atoms with van der Waals surface area (Å²) in [6.45, 7) is 10.7. The van der Waals surface area contributed by atoms with Crippen molar-refractivity contribution in [3.05, 3.63) is 34.9 Å². The zero-order valence-corrected chi connectivity index (χ0v) is 13.3. The Balaban J connectivity index is 3.18. The minimum absolute atomic E-state index is 0.131. The molecule has 20 heavy (non-hydrogen) atoms. The summed E-state index contributed by atoms with van der Waals surface area (Å²) in [4.78, 5) is 12.4. The van der Waals surface area contributed by atoms with Crippen molar-refractivity contribution in [1.82, 2.24) is 0 Å². The van der Waals surface area contributed by atoms with E-state index in [4.69, 9.17) is 10.5 Å². The second-order valence-corrected chi connectivity index (χ2v) is 5.84. The van der Waals surface area contributed by atoms with E-state index in [-0.39, 0.29) is 11.9 Å². The van der Waals surface area contributed by atoms with Crippen LogP contribution in [-0.4, -0.2) is 19.1 Å². The van der Waals surface area contributed by atoms with Crippen LogP contribution in [0.1, 0.15) is 37.5 Å². The molecule has 0 saturated carbocycles. The van der Waals surface area contributed by atoms with Gasteiger partial charge in [0.2, 0.25) is 0 Å². The van der Waals surface area contributed by atoms with Gasteiger partial charge in [0, 0.05) is 6.54 Å². The molecular weight excluding hydrogens is 250 g/mol. The first-order chi connectivity index (χ1) is 9.37. The standard InChI is InChI=1S/C17H27NO2/c1-6-20-16(19)17(11-18,12(2)3)10-15-9-13(4)7-8-14(15)5/h7-9,12H,6,10-11,18H2,1-5H3. The number of aryl methyl sites for hydroxylation is 2. The van der Waals surface area contributed by atoms with Gasteiger partial charge in [0.15, 0.2) is 0 Å². The van der Waals surface area contributed by atoms with Crippen LogP contribution in [0.2, 0.25) is 0 Å². The zero-order valence-electron chi connectivity index (χ0n) is 13.3. The highest BCUT2D eigenvalue weighted by Crippen LogP contribution is 2.33. The summed E-state index contributed by atoms with van der Waals surface area (Å²) >= 11 is 0. The zero-order chi connectivity index (χ0) is 15.3. The van der Waals surface area contributed by atoms with Gasteiger partial charge in [-0.15, -0.1) is 0 Å². The lowest BCUT2D eigenvalue weighted by molar-refractivity contribution is -0.157. The van der Waals surface area contributed by atoms with E-state index < -0.39 is 5.41 Å². The van der Waals surface area contributed by atoms with Crippen LogP contribution in [0.15, 0.2) is 18.2 Å². The number of hydrogen-bond donors (Lipinski definition) is 1. The largest absolute Gasteiger partial charge is 0.466 e. The smallest absolute Gasteiger partial charge is 0.313 e. The Labute approximate surface area is 122 Å². The van der Waals surface area contributed by atoms with E-state index in [0.717, 1.165) is 0 Å². The van der Waals surface area contributed by atoms with Crippen LogP contribution in [0.3, 0.4) is 0 Å².